The van der Waals surface area contributed by atoms with Crippen molar-refractivity contribution in [2.75, 3.05) is 13.1 Å². The Morgan fingerprint density at radius 3 is 2.60 bits per heavy atom. The second-order valence-corrected chi connectivity index (χ2v) is 4.79. The van der Waals surface area contributed by atoms with Crippen LogP contribution in [0.2, 0.25) is 0 Å². The third kappa shape index (κ3) is 3.47. The summed E-state index contributed by atoms with van der Waals surface area (Å²) < 4.78 is 0. The predicted octanol–water partition coefficient (Wildman–Crippen LogP) is 0.487. The van der Waals surface area contributed by atoms with Gasteiger partial charge in [0.1, 0.15) is 0 Å². The summed E-state index contributed by atoms with van der Waals surface area (Å²) in [7, 11) is 0. The summed E-state index contributed by atoms with van der Waals surface area (Å²) >= 11 is 0. The molecule has 1 amide bonds. The monoisotopic (exact) mass is 214 g/mol. The number of hydrogen-bond acceptors (Lipinski definition) is 3. The molecule has 1 saturated heterocycles. The topological polar surface area (TPSA) is 66.6 Å². The minimum atomic E-state index is -0.696. The molecule has 0 aromatic heterocycles. The van der Waals surface area contributed by atoms with Crippen molar-refractivity contribution in [3.8, 4) is 0 Å². The van der Waals surface area contributed by atoms with Gasteiger partial charge in [0.25, 0.3) is 0 Å². The fraction of sp³-hybridized carbons (Fsp3) is 0.909. The molecule has 0 radical (unpaired) electrons. The Labute approximate surface area is 91.4 Å². The second kappa shape index (κ2) is 4.94. The summed E-state index contributed by atoms with van der Waals surface area (Å²) in [4.78, 5) is 13.3. The average Bonchev–Trinajstić information content (AvgIpc) is 2.13. The van der Waals surface area contributed by atoms with Gasteiger partial charge in [0.2, 0.25) is 5.91 Å². The number of β-amino-alcohol motifs (C(OH)–C–C–N with tert-alkyl or cyclic N) is 1. The Bertz CT molecular complexity index is 221. The van der Waals surface area contributed by atoms with Gasteiger partial charge in [-0.05, 0) is 13.3 Å². The smallest absolute Gasteiger partial charge is 0.239 e. The van der Waals surface area contributed by atoms with Crippen LogP contribution < -0.4 is 5.73 Å². The molecule has 3 N–H and O–H groups in total. The molecule has 1 rings (SSSR count). The first kappa shape index (κ1) is 12.5. The molecule has 4 heteroatoms. The summed E-state index contributed by atoms with van der Waals surface area (Å²) in [5.74, 6) is -0.0161. The number of carbonyl (C=O) groups excluding carboxylic acids is 1. The van der Waals surface area contributed by atoms with Crippen molar-refractivity contribution in [2.45, 2.75) is 51.2 Å². The van der Waals surface area contributed by atoms with Crippen molar-refractivity contribution in [1.82, 2.24) is 4.90 Å². The third-order valence-corrected chi connectivity index (χ3v) is 2.81. The summed E-state index contributed by atoms with van der Waals surface area (Å²) in [6, 6.07) is -0.382. The van der Waals surface area contributed by atoms with E-state index >= 15 is 0 Å². The summed E-state index contributed by atoms with van der Waals surface area (Å²) in [6.07, 6.45) is 4.02. The molecular weight excluding hydrogens is 192 g/mol. The highest BCUT2D eigenvalue weighted by molar-refractivity contribution is 5.82. The molecule has 1 atom stereocenters. The highest BCUT2D eigenvalue weighted by Gasteiger charge is 2.40. The zero-order valence-electron chi connectivity index (χ0n) is 9.70. The highest BCUT2D eigenvalue weighted by Crippen LogP contribution is 2.20. The van der Waals surface area contributed by atoms with Crippen molar-refractivity contribution in [1.29, 1.82) is 0 Å². The molecular formula is C11H22N2O2. The molecule has 4 nitrogen and oxygen atoms in total. The van der Waals surface area contributed by atoms with Crippen LogP contribution in [-0.2, 0) is 4.79 Å². The minimum absolute atomic E-state index is 0.0161. The van der Waals surface area contributed by atoms with Gasteiger partial charge in [-0.15, -0.1) is 0 Å². The van der Waals surface area contributed by atoms with Crippen molar-refractivity contribution in [3.63, 3.8) is 0 Å². The van der Waals surface area contributed by atoms with Gasteiger partial charge >= 0.3 is 0 Å². The highest BCUT2D eigenvalue weighted by atomic mass is 16.3. The SMILES string of the molecule is CCCCCC(N)C(=O)N1CC(C)(O)C1. The lowest BCUT2D eigenvalue weighted by atomic mass is 9.95. The number of likely N-dealkylation sites (tertiary alicyclic amines) is 1. The molecule has 0 saturated carbocycles. The molecule has 1 unspecified atom stereocenters. The normalized spacial score (nSPS) is 20.9. The van der Waals surface area contributed by atoms with E-state index in [9.17, 15) is 9.90 Å². The number of rotatable bonds is 5. The summed E-state index contributed by atoms with van der Waals surface area (Å²) in [5.41, 5.74) is 5.09. The molecule has 0 spiro atoms. The van der Waals surface area contributed by atoms with Crippen LogP contribution in [0.25, 0.3) is 0 Å². The lowest BCUT2D eigenvalue weighted by Crippen LogP contribution is -2.64. The maximum Gasteiger partial charge on any atom is 0.239 e. The van der Waals surface area contributed by atoms with E-state index in [-0.39, 0.29) is 11.9 Å². The van der Waals surface area contributed by atoms with Crippen LogP contribution in [-0.4, -0.2) is 40.6 Å². The van der Waals surface area contributed by atoms with E-state index in [1.807, 2.05) is 0 Å². The fourth-order valence-electron chi connectivity index (χ4n) is 1.90. The Balaban J connectivity index is 2.23. The molecule has 1 aliphatic rings. The van der Waals surface area contributed by atoms with Crippen LogP contribution >= 0.6 is 0 Å². The number of hydrogen-bond donors (Lipinski definition) is 2. The van der Waals surface area contributed by atoms with E-state index in [1.165, 1.54) is 0 Å². The van der Waals surface area contributed by atoms with Crippen molar-refractivity contribution in [3.05, 3.63) is 0 Å². The first-order valence-electron chi connectivity index (χ1n) is 5.73. The van der Waals surface area contributed by atoms with Gasteiger partial charge < -0.3 is 15.7 Å². The van der Waals surface area contributed by atoms with Gasteiger partial charge in [-0.25, -0.2) is 0 Å². The van der Waals surface area contributed by atoms with Gasteiger partial charge in [0.15, 0.2) is 0 Å². The molecule has 0 aliphatic carbocycles. The summed E-state index contributed by atoms with van der Waals surface area (Å²) in [6.45, 7) is 4.71. The molecule has 15 heavy (non-hydrogen) atoms. The van der Waals surface area contributed by atoms with E-state index in [2.05, 4.69) is 6.92 Å². The number of carbonyl (C=O) groups is 1. The van der Waals surface area contributed by atoms with E-state index < -0.39 is 5.60 Å². The van der Waals surface area contributed by atoms with E-state index in [0.29, 0.717) is 13.1 Å². The Kier molecular flexibility index (Phi) is 4.11. The van der Waals surface area contributed by atoms with Crippen molar-refractivity contribution < 1.29 is 9.90 Å². The fourth-order valence-corrected chi connectivity index (χ4v) is 1.90. The quantitative estimate of drug-likeness (QED) is 0.654. The maximum atomic E-state index is 11.7. The number of nitrogens with zero attached hydrogens (tertiary/aromatic N) is 1. The van der Waals surface area contributed by atoms with Gasteiger partial charge in [-0.2, -0.15) is 0 Å². The number of aliphatic hydroxyl groups is 1. The number of unbranched alkanes of at least 4 members (excludes halogenated alkanes) is 2. The van der Waals surface area contributed by atoms with Crippen LogP contribution in [0.3, 0.4) is 0 Å². The Morgan fingerprint density at radius 1 is 1.53 bits per heavy atom. The molecule has 88 valence electrons. The van der Waals surface area contributed by atoms with E-state index in [0.717, 1.165) is 25.7 Å². The van der Waals surface area contributed by atoms with Crippen LogP contribution in [0.15, 0.2) is 0 Å². The van der Waals surface area contributed by atoms with Crippen LogP contribution in [0.1, 0.15) is 39.5 Å². The molecule has 1 aliphatic heterocycles. The Hall–Kier alpha value is -0.610. The van der Waals surface area contributed by atoms with E-state index in [4.69, 9.17) is 5.73 Å². The zero-order chi connectivity index (χ0) is 11.5. The minimum Gasteiger partial charge on any atom is -0.386 e. The number of amides is 1. The zero-order valence-corrected chi connectivity index (χ0v) is 9.70. The lowest BCUT2D eigenvalue weighted by molar-refractivity contribution is -0.153. The average molecular weight is 214 g/mol. The maximum absolute atomic E-state index is 11.7. The molecule has 1 fully saturated rings. The van der Waals surface area contributed by atoms with Gasteiger partial charge in [-0.3, -0.25) is 4.79 Å². The summed E-state index contributed by atoms with van der Waals surface area (Å²) in [5, 5.41) is 9.49. The molecule has 1 heterocycles. The molecule has 0 aromatic carbocycles. The van der Waals surface area contributed by atoms with Crippen LogP contribution in [0, 0.1) is 0 Å². The lowest BCUT2D eigenvalue weighted by Gasteiger charge is -2.45. The van der Waals surface area contributed by atoms with Gasteiger partial charge in [0, 0.05) is 0 Å². The number of nitrogens with two attached hydrogens (primary N) is 1. The van der Waals surface area contributed by atoms with Crippen molar-refractivity contribution >= 4 is 5.91 Å². The Morgan fingerprint density at radius 2 is 2.13 bits per heavy atom. The van der Waals surface area contributed by atoms with Crippen molar-refractivity contribution in [2.24, 2.45) is 5.73 Å². The molecule has 0 aromatic rings. The van der Waals surface area contributed by atoms with Gasteiger partial charge in [-0.1, -0.05) is 26.2 Å². The predicted molar refractivity (Wildman–Crippen MR) is 59.3 cm³/mol. The first-order valence-corrected chi connectivity index (χ1v) is 5.73. The first-order chi connectivity index (χ1) is 6.96. The van der Waals surface area contributed by atoms with Crippen LogP contribution in [0.5, 0.6) is 0 Å². The third-order valence-electron chi connectivity index (χ3n) is 2.81. The van der Waals surface area contributed by atoms with Crippen LogP contribution in [0.4, 0.5) is 0 Å². The van der Waals surface area contributed by atoms with Gasteiger partial charge in [0.05, 0.1) is 24.7 Å². The largest absolute Gasteiger partial charge is 0.386 e. The second-order valence-electron chi connectivity index (χ2n) is 4.79. The standard InChI is InChI=1S/C11H22N2O2/c1-3-4-5-6-9(12)10(14)13-7-11(2,15)8-13/h9,15H,3-8,12H2,1-2H3. The van der Waals surface area contributed by atoms with E-state index in [1.54, 1.807) is 11.8 Å². The molecule has 0 bridgehead atoms.